The van der Waals surface area contributed by atoms with Crippen molar-refractivity contribution in [2.45, 2.75) is 33.4 Å². The van der Waals surface area contributed by atoms with Crippen molar-refractivity contribution in [3.05, 3.63) is 67.2 Å². The van der Waals surface area contributed by atoms with Crippen LogP contribution in [0.4, 0.5) is 0 Å². The van der Waals surface area contributed by atoms with Gasteiger partial charge in [0.1, 0.15) is 4.83 Å². The van der Waals surface area contributed by atoms with Crippen LogP contribution >= 0.6 is 11.3 Å². The summed E-state index contributed by atoms with van der Waals surface area (Å²) >= 11 is 1.50. The van der Waals surface area contributed by atoms with Crippen molar-refractivity contribution < 1.29 is 4.74 Å². The first-order valence-electron chi connectivity index (χ1n) is 8.30. The molecule has 0 radical (unpaired) electrons. The molecule has 0 unspecified atom stereocenters. The fourth-order valence-electron chi connectivity index (χ4n) is 2.97. The Hall–Kier alpha value is -2.18. The average Bonchev–Trinajstić information content (AvgIpc) is 2.91. The van der Waals surface area contributed by atoms with Gasteiger partial charge >= 0.3 is 5.69 Å². The van der Waals surface area contributed by atoms with Gasteiger partial charge in [-0.25, -0.2) is 4.79 Å². The first kappa shape index (κ1) is 17.6. The Morgan fingerprint density at radius 3 is 2.44 bits per heavy atom. The fraction of sp³-hybridized carbons (Fsp3) is 0.368. The molecule has 3 rings (SSSR count). The minimum atomic E-state index is -0.258. The second kappa shape index (κ2) is 7.37. The molecule has 0 saturated carbocycles. The molecule has 3 aromatic rings. The number of hydrogen-bond acceptors (Lipinski definition) is 4. The van der Waals surface area contributed by atoms with Gasteiger partial charge in [0.05, 0.1) is 18.5 Å². The monoisotopic (exact) mass is 358 g/mol. The molecule has 0 N–H and O–H groups in total. The number of benzene rings is 1. The van der Waals surface area contributed by atoms with E-state index in [-0.39, 0.29) is 11.2 Å². The first-order valence-corrected chi connectivity index (χ1v) is 9.12. The van der Waals surface area contributed by atoms with Gasteiger partial charge in [0.15, 0.2) is 0 Å². The number of hydrogen-bond donors (Lipinski definition) is 0. The van der Waals surface area contributed by atoms with Crippen LogP contribution in [0.1, 0.15) is 16.0 Å². The molecule has 0 fully saturated rings. The molecule has 0 aliphatic carbocycles. The van der Waals surface area contributed by atoms with Gasteiger partial charge in [-0.1, -0.05) is 30.3 Å². The van der Waals surface area contributed by atoms with Crippen molar-refractivity contribution in [2.75, 3.05) is 13.7 Å². The molecule has 0 aliphatic heterocycles. The molecule has 0 spiro atoms. The molecule has 132 valence electrons. The van der Waals surface area contributed by atoms with Crippen LogP contribution in [0.25, 0.3) is 10.2 Å². The highest BCUT2D eigenvalue weighted by atomic mass is 32.1. The lowest BCUT2D eigenvalue weighted by Crippen LogP contribution is -2.40. The third-order valence-electron chi connectivity index (χ3n) is 4.52. The van der Waals surface area contributed by atoms with Crippen molar-refractivity contribution in [1.29, 1.82) is 0 Å². The van der Waals surface area contributed by atoms with E-state index in [0.717, 1.165) is 20.8 Å². The minimum Gasteiger partial charge on any atom is -0.383 e. The second-order valence-corrected chi connectivity index (χ2v) is 7.29. The molecular weight excluding hydrogens is 336 g/mol. The van der Waals surface area contributed by atoms with E-state index in [0.29, 0.717) is 31.5 Å². The quantitative estimate of drug-likeness (QED) is 0.681. The standard InChI is InChI=1S/C19H22N2O3S/c1-13-14(2)25-18-16(13)17(22)20(19(23)21(18)11-12-24-3)10-9-15-7-5-4-6-8-15/h4-8H,9-12H2,1-3H3. The number of methoxy groups -OCH3 is 1. The predicted molar refractivity (Wildman–Crippen MR) is 102 cm³/mol. The topological polar surface area (TPSA) is 53.2 Å². The summed E-state index contributed by atoms with van der Waals surface area (Å²) in [6.45, 7) is 5.18. The Morgan fingerprint density at radius 1 is 1.04 bits per heavy atom. The van der Waals surface area contributed by atoms with E-state index in [1.54, 1.807) is 11.7 Å². The van der Waals surface area contributed by atoms with Gasteiger partial charge in [-0.15, -0.1) is 11.3 Å². The third-order valence-corrected chi connectivity index (χ3v) is 5.75. The minimum absolute atomic E-state index is 0.188. The van der Waals surface area contributed by atoms with Crippen LogP contribution in [0.5, 0.6) is 0 Å². The second-order valence-electron chi connectivity index (χ2n) is 6.08. The highest BCUT2D eigenvalue weighted by Crippen LogP contribution is 2.26. The molecule has 1 aromatic carbocycles. The SMILES string of the molecule is COCCn1c(=O)n(CCc2ccccc2)c(=O)c2c(C)c(C)sc21. The van der Waals surface area contributed by atoms with Crippen molar-refractivity contribution in [2.24, 2.45) is 0 Å². The predicted octanol–water partition coefficient (Wildman–Crippen LogP) is 2.73. The van der Waals surface area contributed by atoms with Crippen LogP contribution in [-0.4, -0.2) is 22.9 Å². The number of aromatic nitrogens is 2. The van der Waals surface area contributed by atoms with E-state index >= 15 is 0 Å². The van der Waals surface area contributed by atoms with Crippen LogP contribution in [0.3, 0.4) is 0 Å². The summed E-state index contributed by atoms with van der Waals surface area (Å²) < 4.78 is 8.19. The Bertz CT molecular complexity index is 999. The van der Waals surface area contributed by atoms with Gasteiger partial charge in [-0.05, 0) is 31.4 Å². The zero-order valence-electron chi connectivity index (χ0n) is 14.7. The van der Waals surface area contributed by atoms with E-state index in [1.807, 2.05) is 44.2 Å². The first-order chi connectivity index (χ1) is 12.0. The fourth-order valence-corrected chi connectivity index (χ4v) is 4.14. The number of nitrogens with zero attached hydrogens (tertiary/aromatic N) is 2. The molecule has 0 atom stereocenters. The molecule has 0 saturated heterocycles. The maximum absolute atomic E-state index is 13.0. The lowest BCUT2D eigenvalue weighted by Gasteiger charge is -2.12. The molecule has 0 bridgehead atoms. The Morgan fingerprint density at radius 2 is 1.76 bits per heavy atom. The van der Waals surface area contributed by atoms with E-state index in [2.05, 4.69) is 0 Å². The van der Waals surface area contributed by atoms with Crippen LogP contribution in [0.2, 0.25) is 0 Å². The summed E-state index contributed by atoms with van der Waals surface area (Å²) in [5.41, 5.74) is 1.62. The third kappa shape index (κ3) is 3.32. The van der Waals surface area contributed by atoms with E-state index < -0.39 is 0 Å². The molecule has 0 aliphatic rings. The molecule has 2 aromatic heterocycles. The highest BCUT2D eigenvalue weighted by Gasteiger charge is 2.18. The lowest BCUT2D eigenvalue weighted by molar-refractivity contribution is 0.186. The molecule has 2 heterocycles. The maximum Gasteiger partial charge on any atom is 0.332 e. The van der Waals surface area contributed by atoms with Gasteiger partial charge in [0, 0.05) is 18.5 Å². The van der Waals surface area contributed by atoms with Crippen LogP contribution in [0, 0.1) is 13.8 Å². The van der Waals surface area contributed by atoms with Crippen LogP contribution in [-0.2, 0) is 24.2 Å². The van der Waals surface area contributed by atoms with Crippen molar-refractivity contribution in [3.8, 4) is 0 Å². The zero-order chi connectivity index (χ0) is 18.0. The average molecular weight is 358 g/mol. The summed E-state index contributed by atoms with van der Waals surface area (Å²) in [6, 6.07) is 9.89. The number of fused-ring (bicyclic) bond motifs is 1. The normalized spacial score (nSPS) is 11.3. The van der Waals surface area contributed by atoms with Gasteiger partial charge < -0.3 is 4.74 Å². The number of aryl methyl sites for hydroxylation is 3. The van der Waals surface area contributed by atoms with Crippen LogP contribution in [0.15, 0.2) is 39.9 Å². The van der Waals surface area contributed by atoms with Gasteiger partial charge in [-0.2, -0.15) is 0 Å². The lowest BCUT2D eigenvalue weighted by atomic mass is 10.1. The largest absolute Gasteiger partial charge is 0.383 e. The highest BCUT2D eigenvalue weighted by molar-refractivity contribution is 7.18. The summed E-state index contributed by atoms with van der Waals surface area (Å²) in [5.74, 6) is 0. The number of rotatable bonds is 6. The van der Waals surface area contributed by atoms with Crippen molar-refractivity contribution in [1.82, 2.24) is 9.13 Å². The van der Waals surface area contributed by atoms with Crippen LogP contribution < -0.4 is 11.2 Å². The zero-order valence-corrected chi connectivity index (χ0v) is 15.6. The molecule has 6 heteroatoms. The molecule has 25 heavy (non-hydrogen) atoms. The van der Waals surface area contributed by atoms with Gasteiger partial charge in [0.2, 0.25) is 0 Å². The van der Waals surface area contributed by atoms with Gasteiger partial charge in [0.25, 0.3) is 5.56 Å². The summed E-state index contributed by atoms with van der Waals surface area (Å²) in [5, 5.41) is 0.659. The van der Waals surface area contributed by atoms with Gasteiger partial charge in [-0.3, -0.25) is 13.9 Å². The van der Waals surface area contributed by atoms with Crippen molar-refractivity contribution in [3.63, 3.8) is 0 Å². The number of thiophene rings is 1. The van der Waals surface area contributed by atoms with E-state index in [9.17, 15) is 9.59 Å². The smallest absolute Gasteiger partial charge is 0.332 e. The molecule has 0 amide bonds. The Balaban J connectivity index is 2.12. The maximum atomic E-state index is 13.0. The Labute approximate surface area is 150 Å². The molecular formula is C19H22N2O3S. The summed E-state index contributed by atoms with van der Waals surface area (Å²) in [7, 11) is 1.61. The molecule has 5 nitrogen and oxygen atoms in total. The van der Waals surface area contributed by atoms with E-state index in [4.69, 9.17) is 4.74 Å². The summed E-state index contributed by atoms with van der Waals surface area (Å²) in [4.78, 5) is 27.7. The van der Waals surface area contributed by atoms with Crippen molar-refractivity contribution >= 4 is 21.6 Å². The number of ether oxygens (including phenoxy) is 1. The summed E-state index contributed by atoms with van der Waals surface area (Å²) in [6.07, 6.45) is 0.647. The Kier molecular flexibility index (Phi) is 5.20. The van der Waals surface area contributed by atoms with E-state index in [1.165, 1.54) is 15.9 Å².